The normalized spacial score (nSPS) is 24.8. The van der Waals surface area contributed by atoms with Crippen LogP contribution in [0.5, 0.6) is 0 Å². The predicted octanol–water partition coefficient (Wildman–Crippen LogP) is 2.89. The highest BCUT2D eigenvalue weighted by Gasteiger charge is 2.21. The van der Waals surface area contributed by atoms with Crippen LogP contribution in [0, 0.1) is 0 Å². The van der Waals surface area contributed by atoms with E-state index in [0.29, 0.717) is 6.61 Å². The Hall–Kier alpha value is -0.570. The lowest BCUT2D eigenvalue weighted by Gasteiger charge is -2.28. The fraction of sp³-hybridized carbons (Fsp3) is 0.538. The Labute approximate surface area is 104 Å². The number of hydrogen-bond acceptors (Lipinski definition) is 2. The average Bonchev–Trinajstić information content (AvgIpc) is 2.29. The molecule has 1 fully saturated rings. The van der Waals surface area contributed by atoms with Crippen molar-refractivity contribution in [3.05, 3.63) is 35.9 Å². The molecule has 0 bridgehead atoms. The molecule has 2 atom stereocenters. The van der Waals surface area contributed by atoms with E-state index in [1.54, 1.807) is 0 Å². The van der Waals surface area contributed by atoms with Gasteiger partial charge in [-0.25, -0.2) is 0 Å². The minimum absolute atomic E-state index is 0. The second kappa shape index (κ2) is 6.89. The largest absolute Gasteiger partial charge is 0.372 e. The van der Waals surface area contributed by atoms with Crippen LogP contribution < -0.4 is 5.73 Å². The van der Waals surface area contributed by atoms with Crippen LogP contribution in [-0.2, 0) is 11.3 Å². The molecule has 2 rings (SSSR count). The first kappa shape index (κ1) is 13.5. The van der Waals surface area contributed by atoms with Crippen LogP contribution in [0.2, 0.25) is 0 Å². The lowest BCUT2D eigenvalue weighted by Crippen LogP contribution is -2.39. The van der Waals surface area contributed by atoms with Crippen molar-refractivity contribution >= 4 is 12.4 Å². The number of rotatable bonds is 3. The van der Waals surface area contributed by atoms with E-state index in [1.165, 1.54) is 18.4 Å². The fourth-order valence-electron chi connectivity index (χ4n) is 2.11. The van der Waals surface area contributed by atoms with Crippen molar-refractivity contribution in [3.8, 4) is 0 Å². The third-order valence-electron chi connectivity index (χ3n) is 3.06. The monoisotopic (exact) mass is 241 g/mol. The highest BCUT2D eigenvalue weighted by atomic mass is 35.5. The molecule has 0 aromatic heterocycles. The van der Waals surface area contributed by atoms with Gasteiger partial charge in [0.1, 0.15) is 0 Å². The molecule has 1 unspecified atom stereocenters. The fourth-order valence-corrected chi connectivity index (χ4v) is 2.11. The van der Waals surface area contributed by atoms with E-state index in [4.69, 9.17) is 10.5 Å². The summed E-state index contributed by atoms with van der Waals surface area (Å²) in [4.78, 5) is 0. The Balaban J connectivity index is 0.00000128. The van der Waals surface area contributed by atoms with Crippen molar-refractivity contribution in [1.82, 2.24) is 0 Å². The van der Waals surface area contributed by atoms with Gasteiger partial charge in [0.2, 0.25) is 0 Å². The molecule has 1 aliphatic rings. The second-order valence-corrected chi connectivity index (χ2v) is 4.28. The second-order valence-electron chi connectivity index (χ2n) is 4.28. The zero-order valence-electron chi connectivity index (χ0n) is 9.47. The highest BCUT2D eigenvalue weighted by Crippen LogP contribution is 2.20. The summed E-state index contributed by atoms with van der Waals surface area (Å²) in [5.41, 5.74) is 7.25. The van der Waals surface area contributed by atoms with Crippen molar-refractivity contribution in [2.24, 2.45) is 5.73 Å². The average molecular weight is 242 g/mol. The maximum absolute atomic E-state index is 6.02. The van der Waals surface area contributed by atoms with Crippen LogP contribution in [0.15, 0.2) is 30.3 Å². The smallest absolute Gasteiger partial charge is 0.0730 e. The lowest BCUT2D eigenvalue weighted by molar-refractivity contribution is 0.00404. The molecule has 1 aliphatic carbocycles. The molecule has 90 valence electrons. The van der Waals surface area contributed by atoms with Crippen LogP contribution in [-0.4, -0.2) is 12.1 Å². The lowest BCUT2D eigenvalue weighted by atomic mass is 9.93. The van der Waals surface area contributed by atoms with Gasteiger partial charge in [-0.3, -0.25) is 0 Å². The minimum Gasteiger partial charge on any atom is -0.372 e. The van der Waals surface area contributed by atoms with Gasteiger partial charge >= 0.3 is 0 Å². The van der Waals surface area contributed by atoms with Crippen LogP contribution >= 0.6 is 12.4 Å². The summed E-state index contributed by atoms with van der Waals surface area (Å²) in [5.74, 6) is 0. The Morgan fingerprint density at radius 3 is 2.50 bits per heavy atom. The molecule has 0 saturated heterocycles. The molecule has 0 aliphatic heterocycles. The number of hydrogen-bond donors (Lipinski definition) is 1. The Bertz CT molecular complexity index is 291. The first-order chi connectivity index (χ1) is 7.36. The molecule has 1 saturated carbocycles. The molecular formula is C13H20ClNO. The van der Waals surface area contributed by atoms with E-state index >= 15 is 0 Å². The summed E-state index contributed by atoms with van der Waals surface area (Å²) in [5, 5.41) is 0. The van der Waals surface area contributed by atoms with Gasteiger partial charge in [0.25, 0.3) is 0 Å². The molecular weight excluding hydrogens is 222 g/mol. The molecule has 0 amide bonds. The molecule has 2 N–H and O–H groups in total. The third-order valence-corrected chi connectivity index (χ3v) is 3.06. The van der Waals surface area contributed by atoms with Crippen molar-refractivity contribution in [2.45, 2.75) is 44.4 Å². The summed E-state index contributed by atoms with van der Waals surface area (Å²) in [6.07, 6.45) is 5.01. The Morgan fingerprint density at radius 2 is 1.81 bits per heavy atom. The third kappa shape index (κ3) is 3.78. The van der Waals surface area contributed by atoms with E-state index in [9.17, 15) is 0 Å². The van der Waals surface area contributed by atoms with Crippen molar-refractivity contribution < 1.29 is 4.74 Å². The summed E-state index contributed by atoms with van der Waals surface area (Å²) < 4.78 is 5.86. The van der Waals surface area contributed by atoms with E-state index in [-0.39, 0.29) is 24.6 Å². The summed E-state index contributed by atoms with van der Waals surface area (Å²) in [6, 6.07) is 10.5. The zero-order chi connectivity index (χ0) is 10.5. The van der Waals surface area contributed by atoms with E-state index in [2.05, 4.69) is 12.1 Å². The number of halogens is 1. The quantitative estimate of drug-likeness (QED) is 0.883. The minimum atomic E-state index is 0. The number of ether oxygens (including phenoxy) is 1. The number of benzene rings is 1. The maximum Gasteiger partial charge on any atom is 0.0730 e. The van der Waals surface area contributed by atoms with E-state index in [0.717, 1.165) is 12.8 Å². The van der Waals surface area contributed by atoms with Gasteiger partial charge in [-0.1, -0.05) is 43.2 Å². The standard InChI is InChI=1S/C13H19NO.ClH/c14-12-8-4-5-9-13(12)15-10-11-6-2-1-3-7-11;/h1-3,6-7,12-13H,4-5,8-10,14H2;1H/t12-,13?;/m0./s1. The van der Waals surface area contributed by atoms with Gasteiger partial charge in [0, 0.05) is 6.04 Å². The van der Waals surface area contributed by atoms with Gasteiger partial charge in [0.15, 0.2) is 0 Å². The van der Waals surface area contributed by atoms with Crippen molar-refractivity contribution in [1.29, 1.82) is 0 Å². The molecule has 0 heterocycles. The van der Waals surface area contributed by atoms with Gasteiger partial charge in [-0.2, -0.15) is 0 Å². The molecule has 0 radical (unpaired) electrons. The van der Waals surface area contributed by atoms with Crippen LogP contribution in [0.3, 0.4) is 0 Å². The predicted molar refractivity (Wildman–Crippen MR) is 68.7 cm³/mol. The Kier molecular flexibility index (Phi) is 5.81. The highest BCUT2D eigenvalue weighted by molar-refractivity contribution is 5.85. The van der Waals surface area contributed by atoms with E-state index < -0.39 is 0 Å². The molecule has 16 heavy (non-hydrogen) atoms. The molecule has 3 heteroatoms. The Morgan fingerprint density at radius 1 is 1.12 bits per heavy atom. The number of nitrogens with two attached hydrogens (primary N) is 1. The van der Waals surface area contributed by atoms with Crippen molar-refractivity contribution in [3.63, 3.8) is 0 Å². The first-order valence-corrected chi connectivity index (χ1v) is 5.77. The summed E-state index contributed by atoms with van der Waals surface area (Å²) in [7, 11) is 0. The van der Waals surface area contributed by atoms with Crippen LogP contribution in [0.25, 0.3) is 0 Å². The molecule has 0 spiro atoms. The summed E-state index contributed by atoms with van der Waals surface area (Å²) in [6.45, 7) is 0.694. The first-order valence-electron chi connectivity index (χ1n) is 5.77. The van der Waals surface area contributed by atoms with Gasteiger partial charge in [0.05, 0.1) is 12.7 Å². The molecule has 2 nitrogen and oxygen atoms in total. The van der Waals surface area contributed by atoms with Crippen LogP contribution in [0.4, 0.5) is 0 Å². The van der Waals surface area contributed by atoms with Gasteiger partial charge in [-0.05, 0) is 18.4 Å². The zero-order valence-corrected chi connectivity index (χ0v) is 10.3. The van der Waals surface area contributed by atoms with Crippen LogP contribution in [0.1, 0.15) is 31.2 Å². The molecule has 1 aromatic carbocycles. The van der Waals surface area contributed by atoms with Gasteiger partial charge < -0.3 is 10.5 Å². The SMILES string of the molecule is Cl.N[C@H]1CCCCC1OCc1ccccc1. The molecule has 1 aromatic rings. The summed E-state index contributed by atoms with van der Waals surface area (Å²) >= 11 is 0. The van der Waals surface area contributed by atoms with E-state index in [1.807, 2.05) is 18.2 Å². The van der Waals surface area contributed by atoms with Gasteiger partial charge in [-0.15, -0.1) is 12.4 Å². The van der Waals surface area contributed by atoms with Crippen molar-refractivity contribution in [2.75, 3.05) is 0 Å². The maximum atomic E-state index is 6.02. The topological polar surface area (TPSA) is 35.2 Å².